The molecule has 0 atom stereocenters. The summed E-state index contributed by atoms with van der Waals surface area (Å²) in [5, 5.41) is 0. The third-order valence-corrected chi connectivity index (χ3v) is 0. The molecule has 4 heteroatoms. The monoisotopic (exact) mass is 477 g/mol. The Morgan fingerprint density at radius 1 is 0.750 bits per heavy atom. The molecule has 0 aromatic rings. The zero-order valence-corrected chi connectivity index (χ0v) is 9.93. The van der Waals surface area contributed by atoms with Gasteiger partial charge in [-0.3, -0.25) is 0 Å². The van der Waals surface area contributed by atoms with Gasteiger partial charge in [-0.1, -0.05) is 0 Å². The molecule has 0 aliphatic heterocycles. The second kappa shape index (κ2) is 16.9. The van der Waals surface area contributed by atoms with Gasteiger partial charge in [0.1, 0.15) is 0 Å². The predicted octanol–water partition coefficient (Wildman–Crippen LogP) is -0.0100. The van der Waals surface area contributed by atoms with Crippen molar-refractivity contribution in [3.8, 4) is 0 Å². The molecular formula is AuTi2W. The van der Waals surface area contributed by atoms with E-state index in [1.54, 1.807) is 0 Å². The molecule has 0 saturated carbocycles. The van der Waals surface area contributed by atoms with E-state index >= 15 is 0 Å². The Kier molecular flexibility index (Phi) is 122. The van der Waals surface area contributed by atoms with Crippen molar-refractivity contribution in [3.05, 3.63) is 0 Å². The third kappa shape index (κ3) is 8.85. The molecule has 0 unspecified atom stereocenters. The van der Waals surface area contributed by atoms with Crippen LogP contribution >= 0.6 is 0 Å². The van der Waals surface area contributed by atoms with E-state index in [9.17, 15) is 0 Å². The van der Waals surface area contributed by atoms with Gasteiger partial charge in [-0.15, -0.1) is 0 Å². The van der Waals surface area contributed by atoms with E-state index in [0.29, 0.717) is 0 Å². The van der Waals surface area contributed by atoms with Crippen LogP contribution in [0.15, 0.2) is 0 Å². The quantitative estimate of drug-likeness (QED) is 0.432. The van der Waals surface area contributed by atoms with E-state index in [4.69, 9.17) is 0 Å². The van der Waals surface area contributed by atoms with Crippen LogP contribution in [-0.4, -0.2) is 0 Å². The fourth-order valence-electron chi connectivity index (χ4n) is 0. The SMILES string of the molecule is [Au].[Ti].[Ti].[W]. The summed E-state index contributed by atoms with van der Waals surface area (Å²) in [6, 6.07) is 0. The summed E-state index contributed by atoms with van der Waals surface area (Å²) in [6.45, 7) is 0. The van der Waals surface area contributed by atoms with Crippen LogP contribution in [0.4, 0.5) is 0 Å². The van der Waals surface area contributed by atoms with Gasteiger partial charge in [-0.2, -0.15) is 0 Å². The molecule has 0 aliphatic carbocycles. The molecule has 0 aromatic carbocycles. The van der Waals surface area contributed by atoms with Gasteiger partial charge in [0, 0.05) is 86.9 Å². The Morgan fingerprint density at radius 3 is 0.750 bits per heavy atom. The van der Waals surface area contributed by atoms with E-state index in [2.05, 4.69) is 0 Å². The average molecular weight is 477 g/mol. The summed E-state index contributed by atoms with van der Waals surface area (Å²) in [5.74, 6) is 0. The largest absolute Gasteiger partial charge is 0 e. The van der Waals surface area contributed by atoms with Gasteiger partial charge in [-0.05, 0) is 0 Å². The van der Waals surface area contributed by atoms with E-state index < -0.39 is 0 Å². The smallest absolute Gasteiger partial charge is 0 e. The van der Waals surface area contributed by atoms with E-state index in [1.807, 2.05) is 0 Å². The molecule has 0 spiro atoms. The molecule has 0 fully saturated rings. The zero-order valence-electron chi connectivity index (χ0n) is 1.71. The molecule has 4 heavy (non-hydrogen) atoms. The maximum atomic E-state index is 0. The zero-order chi connectivity index (χ0) is 0. The minimum absolute atomic E-state index is 0. The Balaban J connectivity index is 0. The Morgan fingerprint density at radius 2 is 0.750 bits per heavy atom. The molecule has 0 aromatic heterocycles. The molecule has 1 radical (unpaired) electrons. The van der Waals surface area contributed by atoms with Crippen LogP contribution in [0.3, 0.4) is 0 Å². The van der Waals surface area contributed by atoms with Gasteiger partial charge in [0.05, 0.1) is 0 Å². The predicted molar refractivity (Wildman–Crippen MR) is 0 cm³/mol. The molecule has 0 nitrogen and oxygen atoms in total. The molecule has 0 amide bonds. The fourth-order valence-corrected chi connectivity index (χ4v) is 0. The number of rotatable bonds is 0. The fraction of sp³-hybridized carbons (Fsp3) is 0. The van der Waals surface area contributed by atoms with Gasteiger partial charge >= 0.3 is 0 Å². The van der Waals surface area contributed by atoms with E-state index in [0.717, 1.165) is 0 Å². The number of hydrogen-bond donors (Lipinski definition) is 0. The van der Waals surface area contributed by atoms with E-state index in [1.165, 1.54) is 0 Å². The molecule has 0 bridgehead atoms. The maximum absolute atomic E-state index is 0. The van der Waals surface area contributed by atoms with Crippen LogP contribution in [0.1, 0.15) is 0 Å². The van der Waals surface area contributed by atoms with Crippen molar-refractivity contribution in [2.24, 2.45) is 0 Å². The summed E-state index contributed by atoms with van der Waals surface area (Å²) in [7, 11) is 0. The minimum Gasteiger partial charge on any atom is 0 e. The first-order valence-electron chi connectivity index (χ1n) is 0. The Bertz CT molecular complexity index is 6.00. The summed E-state index contributed by atoms with van der Waals surface area (Å²) in [4.78, 5) is 0. The second-order valence-corrected chi connectivity index (χ2v) is 0. The summed E-state index contributed by atoms with van der Waals surface area (Å²) in [5.41, 5.74) is 0. The van der Waals surface area contributed by atoms with Gasteiger partial charge < -0.3 is 0 Å². The molecule has 0 saturated heterocycles. The molecule has 0 aliphatic rings. The van der Waals surface area contributed by atoms with Crippen molar-refractivity contribution in [3.63, 3.8) is 0 Å². The molecular weight excluding hydrogens is 477 g/mol. The maximum Gasteiger partial charge on any atom is 0 e. The molecule has 0 heterocycles. The van der Waals surface area contributed by atoms with Crippen molar-refractivity contribution in [2.75, 3.05) is 0 Å². The standard InChI is InChI=1S/Au.2Ti.W. The summed E-state index contributed by atoms with van der Waals surface area (Å²) >= 11 is 0. The van der Waals surface area contributed by atoms with Gasteiger partial charge in [0.15, 0.2) is 0 Å². The molecule has 25 valence electrons. The van der Waals surface area contributed by atoms with Crippen molar-refractivity contribution >= 4 is 0 Å². The van der Waals surface area contributed by atoms with Crippen LogP contribution in [0.2, 0.25) is 0 Å². The molecule has 0 rings (SSSR count). The minimum atomic E-state index is 0. The van der Waals surface area contributed by atoms with Crippen molar-refractivity contribution in [1.82, 2.24) is 0 Å². The normalized spacial score (nSPS) is 0. The number of hydrogen-bond acceptors (Lipinski definition) is 0. The van der Waals surface area contributed by atoms with Gasteiger partial charge in [0.2, 0.25) is 0 Å². The van der Waals surface area contributed by atoms with Crippen molar-refractivity contribution < 1.29 is 86.9 Å². The van der Waals surface area contributed by atoms with Gasteiger partial charge in [-0.25, -0.2) is 0 Å². The first-order valence-corrected chi connectivity index (χ1v) is 0. The van der Waals surface area contributed by atoms with Gasteiger partial charge in [0.25, 0.3) is 0 Å². The van der Waals surface area contributed by atoms with Crippen LogP contribution in [0.5, 0.6) is 0 Å². The first kappa shape index (κ1) is 28.8. The Labute approximate surface area is 85.4 Å². The van der Waals surface area contributed by atoms with Crippen molar-refractivity contribution in [2.45, 2.75) is 0 Å². The van der Waals surface area contributed by atoms with Crippen LogP contribution in [0.25, 0.3) is 0 Å². The Hall–Kier alpha value is 2.86. The summed E-state index contributed by atoms with van der Waals surface area (Å²) in [6.07, 6.45) is 0. The van der Waals surface area contributed by atoms with Crippen LogP contribution in [0, 0.1) is 0 Å². The summed E-state index contributed by atoms with van der Waals surface area (Å²) < 4.78 is 0. The third-order valence-electron chi connectivity index (χ3n) is 0. The van der Waals surface area contributed by atoms with Crippen LogP contribution < -0.4 is 0 Å². The van der Waals surface area contributed by atoms with E-state index in [-0.39, 0.29) is 86.9 Å². The average Bonchev–Trinajstić information content (AvgIpc) is 0. The second-order valence-electron chi connectivity index (χ2n) is 0. The first-order chi connectivity index (χ1) is 0. The molecule has 0 N–H and O–H groups in total. The van der Waals surface area contributed by atoms with Crippen LogP contribution in [-0.2, 0) is 86.9 Å². The topological polar surface area (TPSA) is 0 Å². The van der Waals surface area contributed by atoms with Crippen molar-refractivity contribution in [1.29, 1.82) is 0 Å².